The Morgan fingerprint density at radius 2 is 2.00 bits per heavy atom. The molecule has 5 heterocycles. The third-order valence-electron chi connectivity index (χ3n) is 8.02. The predicted molar refractivity (Wildman–Crippen MR) is 137 cm³/mol. The molecule has 1 aromatic heterocycles. The van der Waals surface area contributed by atoms with Gasteiger partial charge < -0.3 is 24.6 Å². The molecule has 7 rings (SSSR count). The summed E-state index contributed by atoms with van der Waals surface area (Å²) in [5, 5.41) is 3.52. The molecule has 1 amide bonds. The Morgan fingerprint density at radius 1 is 1.14 bits per heavy atom. The molecule has 186 valence electrons. The van der Waals surface area contributed by atoms with Gasteiger partial charge in [-0.15, -0.1) is 0 Å². The number of ether oxygens (including phenoxy) is 2. The molecule has 5 aliphatic rings. The smallest absolute Gasteiger partial charge is 0.230 e. The quantitative estimate of drug-likeness (QED) is 0.668. The van der Waals surface area contributed by atoms with E-state index in [9.17, 15) is 4.79 Å². The summed E-state index contributed by atoms with van der Waals surface area (Å²) < 4.78 is 12.0. The highest BCUT2D eigenvalue weighted by Crippen LogP contribution is 2.41. The van der Waals surface area contributed by atoms with Crippen LogP contribution in [-0.2, 0) is 20.8 Å². The molecule has 4 aliphatic heterocycles. The number of benzene rings is 1. The molecule has 7 nitrogen and oxygen atoms in total. The number of rotatable bonds is 4. The molecule has 0 radical (unpaired) electrons. The highest BCUT2D eigenvalue weighted by molar-refractivity contribution is 6.00. The molecule has 1 saturated carbocycles. The number of anilines is 4. The Labute approximate surface area is 207 Å². The van der Waals surface area contributed by atoms with Crippen molar-refractivity contribution in [3.05, 3.63) is 42.1 Å². The van der Waals surface area contributed by atoms with Gasteiger partial charge in [0.05, 0.1) is 48.9 Å². The molecule has 3 saturated heterocycles. The van der Waals surface area contributed by atoms with Crippen molar-refractivity contribution < 1.29 is 14.3 Å². The monoisotopic (exact) mass is 476 g/mol. The van der Waals surface area contributed by atoms with Crippen LogP contribution in [0.4, 0.5) is 22.9 Å². The van der Waals surface area contributed by atoms with Crippen molar-refractivity contribution in [2.24, 2.45) is 5.92 Å². The van der Waals surface area contributed by atoms with Crippen LogP contribution in [0.5, 0.6) is 0 Å². The highest BCUT2D eigenvalue weighted by atomic mass is 16.5. The molecule has 1 aromatic carbocycles. The van der Waals surface area contributed by atoms with Crippen molar-refractivity contribution in [1.29, 1.82) is 0 Å². The van der Waals surface area contributed by atoms with E-state index in [2.05, 4.69) is 53.3 Å². The van der Waals surface area contributed by atoms with E-state index >= 15 is 0 Å². The first-order valence-corrected chi connectivity index (χ1v) is 13.2. The molecular weight excluding hydrogens is 440 g/mol. The second kappa shape index (κ2) is 9.43. The molecule has 0 unspecified atom stereocenters. The molecule has 7 heteroatoms. The molecule has 0 spiro atoms. The van der Waals surface area contributed by atoms with Gasteiger partial charge in [0, 0.05) is 29.9 Å². The van der Waals surface area contributed by atoms with Crippen molar-refractivity contribution in [1.82, 2.24) is 4.98 Å². The Balaban J connectivity index is 1.30. The summed E-state index contributed by atoms with van der Waals surface area (Å²) in [7, 11) is 0. The van der Waals surface area contributed by atoms with Gasteiger partial charge in [-0.2, -0.15) is 0 Å². The number of morpholine rings is 1. The fourth-order valence-electron chi connectivity index (χ4n) is 6.20. The van der Waals surface area contributed by atoms with E-state index in [0.717, 1.165) is 68.0 Å². The normalized spacial score (nSPS) is 27.7. The number of carbonyl (C=O) groups is 1. The Kier molecular flexibility index (Phi) is 6.14. The zero-order valence-corrected chi connectivity index (χ0v) is 20.8. The SMILES string of the molecule is CC(C)OC1CCC(C(=O)N2Cc3cccnc3Nc3ccc(N4C[C@H]5CC[C@H]4CO5)cc32)CC1. The van der Waals surface area contributed by atoms with Crippen LogP contribution in [0.1, 0.15) is 57.9 Å². The fourth-order valence-corrected chi connectivity index (χ4v) is 6.20. The van der Waals surface area contributed by atoms with Crippen LogP contribution in [0.3, 0.4) is 0 Å². The summed E-state index contributed by atoms with van der Waals surface area (Å²) in [5.74, 6) is 1.07. The van der Waals surface area contributed by atoms with Gasteiger partial charge in [0.1, 0.15) is 5.82 Å². The van der Waals surface area contributed by atoms with Gasteiger partial charge in [0.15, 0.2) is 0 Å². The topological polar surface area (TPSA) is 66.9 Å². The zero-order chi connectivity index (χ0) is 23.9. The highest BCUT2D eigenvalue weighted by Gasteiger charge is 2.37. The van der Waals surface area contributed by atoms with Crippen molar-refractivity contribution in [3.63, 3.8) is 0 Å². The Hall–Kier alpha value is -2.64. The number of aromatic nitrogens is 1. The van der Waals surface area contributed by atoms with Gasteiger partial charge in [-0.1, -0.05) is 6.07 Å². The van der Waals surface area contributed by atoms with E-state index in [0.29, 0.717) is 18.7 Å². The summed E-state index contributed by atoms with van der Waals surface area (Å²) >= 11 is 0. The van der Waals surface area contributed by atoms with Gasteiger partial charge in [-0.05, 0) is 76.6 Å². The van der Waals surface area contributed by atoms with E-state index in [-0.39, 0.29) is 24.0 Å². The Morgan fingerprint density at radius 3 is 2.71 bits per heavy atom. The second-order valence-corrected chi connectivity index (χ2v) is 10.8. The first-order chi connectivity index (χ1) is 17.0. The minimum atomic E-state index is 0.0242. The molecular formula is C28H36N4O3. The zero-order valence-electron chi connectivity index (χ0n) is 20.8. The number of amides is 1. The summed E-state index contributed by atoms with van der Waals surface area (Å²) in [6, 6.07) is 10.9. The number of piperidine rings is 1. The summed E-state index contributed by atoms with van der Waals surface area (Å²) in [5.41, 5.74) is 4.11. The lowest BCUT2D eigenvalue weighted by Crippen LogP contribution is -2.54. The van der Waals surface area contributed by atoms with Gasteiger partial charge in [0.25, 0.3) is 0 Å². The van der Waals surface area contributed by atoms with Crippen LogP contribution in [0.15, 0.2) is 36.5 Å². The second-order valence-electron chi connectivity index (χ2n) is 10.8. The van der Waals surface area contributed by atoms with E-state index in [1.807, 2.05) is 11.0 Å². The van der Waals surface area contributed by atoms with E-state index in [1.165, 1.54) is 12.1 Å². The number of hydrogen-bond donors (Lipinski definition) is 1. The van der Waals surface area contributed by atoms with Crippen LogP contribution < -0.4 is 15.1 Å². The van der Waals surface area contributed by atoms with Crippen molar-refractivity contribution in [3.8, 4) is 0 Å². The van der Waals surface area contributed by atoms with Crippen LogP contribution >= 0.6 is 0 Å². The number of pyridine rings is 1. The average molecular weight is 477 g/mol. The third-order valence-corrected chi connectivity index (χ3v) is 8.02. The van der Waals surface area contributed by atoms with Gasteiger partial charge in [-0.3, -0.25) is 4.79 Å². The first-order valence-electron chi connectivity index (χ1n) is 13.2. The fraction of sp³-hybridized carbons (Fsp3) is 0.571. The van der Waals surface area contributed by atoms with Crippen LogP contribution in [-0.4, -0.2) is 48.4 Å². The van der Waals surface area contributed by atoms with Crippen molar-refractivity contribution in [2.75, 3.05) is 28.3 Å². The van der Waals surface area contributed by atoms with Crippen molar-refractivity contribution >= 4 is 28.8 Å². The average Bonchev–Trinajstić information content (AvgIpc) is 3.05. The van der Waals surface area contributed by atoms with Crippen molar-refractivity contribution in [2.45, 2.75) is 83.3 Å². The lowest BCUT2D eigenvalue weighted by molar-refractivity contribution is -0.124. The van der Waals surface area contributed by atoms with Crippen LogP contribution in [0, 0.1) is 5.92 Å². The first kappa shape index (κ1) is 22.8. The molecule has 2 atom stereocenters. The third kappa shape index (κ3) is 4.52. The lowest BCUT2D eigenvalue weighted by Gasteiger charge is -2.46. The number of fused-ring (bicyclic) bond motifs is 5. The summed E-state index contributed by atoms with van der Waals surface area (Å²) in [6.07, 6.45) is 8.57. The minimum absolute atomic E-state index is 0.0242. The van der Waals surface area contributed by atoms with Gasteiger partial charge in [-0.25, -0.2) is 4.98 Å². The molecule has 35 heavy (non-hydrogen) atoms. The molecule has 4 fully saturated rings. The van der Waals surface area contributed by atoms with Crippen LogP contribution in [0.2, 0.25) is 0 Å². The van der Waals surface area contributed by atoms with Gasteiger partial charge in [0.2, 0.25) is 5.91 Å². The summed E-state index contributed by atoms with van der Waals surface area (Å²) in [4.78, 5) is 23.1. The minimum Gasteiger partial charge on any atom is -0.376 e. The van der Waals surface area contributed by atoms with E-state index < -0.39 is 0 Å². The van der Waals surface area contributed by atoms with Crippen LogP contribution in [0.25, 0.3) is 0 Å². The largest absolute Gasteiger partial charge is 0.376 e. The molecule has 2 bridgehead atoms. The maximum absolute atomic E-state index is 14.0. The summed E-state index contributed by atoms with van der Waals surface area (Å²) in [6.45, 7) is 6.42. The molecule has 1 aliphatic carbocycles. The van der Waals surface area contributed by atoms with E-state index in [1.54, 1.807) is 6.20 Å². The maximum atomic E-state index is 14.0. The Bertz CT molecular complexity index is 1070. The lowest BCUT2D eigenvalue weighted by atomic mass is 9.86. The number of hydrogen-bond acceptors (Lipinski definition) is 6. The van der Waals surface area contributed by atoms with E-state index in [4.69, 9.17) is 9.47 Å². The number of carbonyl (C=O) groups excluding carboxylic acids is 1. The molecule has 1 N–H and O–H groups in total. The van der Waals surface area contributed by atoms with Gasteiger partial charge >= 0.3 is 0 Å². The predicted octanol–water partition coefficient (Wildman–Crippen LogP) is 5.02. The number of nitrogens with one attached hydrogen (secondary N) is 1. The maximum Gasteiger partial charge on any atom is 0.230 e. The standard InChI is InChI=1S/C28H36N4O3/c1-18(2)35-23-9-5-19(6-10-23)28(33)32-15-20-4-3-13-29-27(20)30-25-12-8-21(14-26(25)32)31-16-24-11-7-22(31)17-34-24/h3-4,8,12-14,18-19,22-24H,5-7,9-11,15-17H2,1-2H3,(H,29,30)/t19?,22-,23?,24+/m0/s1. The number of nitrogens with zero attached hydrogens (tertiary/aromatic N) is 3. The molecule has 2 aromatic rings.